The zero-order valence-corrected chi connectivity index (χ0v) is 15.9. The second kappa shape index (κ2) is 7.84. The lowest BCUT2D eigenvalue weighted by atomic mass is 10.1. The average molecular weight is 361 g/mol. The van der Waals surface area contributed by atoms with Crippen LogP contribution in [-0.4, -0.2) is 42.5 Å². The Bertz CT molecular complexity index is 864. The number of piperazine rings is 1. The smallest absolute Gasteiger partial charge is 0.136 e. The van der Waals surface area contributed by atoms with Gasteiger partial charge in [-0.1, -0.05) is 36.4 Å². The monoisotopic (exact) mass is 361 g/mol. The maximum atomic E-state index is 5.91. The van der Waals surface area contributed by atoms with E-state index in [-0.39, 0.29) is 0 Å². The lowest BCUT2D eigenvalue weighted by Crippen LogP contribution is -2.47. The predicted molar refractivity (Wildman–Crippen MR) is 112 cm³/mol. The molecule has 2 heterocycles. The summed E-state index contributed by atoms with van der Waals surface area (Å²) in [5, 5.41) is 4.86. The fourth-order valence-corrected chi connectivity index (χ4v) is 3.87. The van der Waals surface area contributed by atoms with E-state index in [4.69, 9.17) is 10.8 Å². The summed E-state index contributed by atoms with van der Waals surface area (Å²) in [4.78, 5) is 4.92. The van der Waals surface area contributed by atoms with Gasteiger partial charge in [-0.3, -0.25) is 0 Å². The number of aromatic nitrogens is 2. The lowest BCUT2D eigenvalue weighted by Gasteiger charge is -2.37. The highest BCUT2D eigenvalue weighted by atomic mass is 15.4. The van der Waals surface area contributed by atoms with Crippen molar-refractivity contribution >= 4 is 11.5 Å². The van der Waals surface area contributed by atoms with Crippen LogP contribution in [-0.2, 0) is 6.42 Å². The number of hydrogen-bond acceptors (Lipinski definition) is 4. The third-order valence-corrected chi connectivity index (χ3v) is 5.25. The van der Waals surface area contributed by atoms with Crippen LogP contribution in [0.2, 0.25) is 0 Å². The van der Waals surface area contributed by atoms with Crippen LogP contribution in [0.1, 0.15) is 11.3 Å². The molecular weight excluding hydrogens is 334 g/mol. The molecule has 1 aliphatic heterocycles. The quantitative estimate of drug-likeness (QED) is 0.759. The summed E-state index contributed by atoms with van der Waals surface area (Å²) >= 11 is 0. The number of hydrogen-bond donors (Lipinski definition) is 1. The summed E-state index contributed by atoms with van der Waals surface area (Å²) in [6.45, 7) is 6.69. The molecule has 0 radical (unpaired) electrons. The minimum Gasteiger partial charge on any atom is -0.368 e. The molecule has 4 rings (SSSR count). The van der Waals surface area contributed by atoms with Crippen molar-refractivity contribution in [3.8, 4) is 5.69 Å². The van der Waals surface area contributed by atoms with Gasteiger partial charge in [0, 0.05) is 37.4 Å². The Balaban J connectivity index is 1.63. The van der Waals surface area contributed by atoms with E-state index in [9.17, 15) is 0 Å². The number of nitrogens with two attached hydrogens (primary N) is 1. The van der Waals surface area contributed by atoms with Crippen molar-refractivity contribution in [3.63, 3.8) is 0 Å². The van der Waals surface area contributed by atoms with Crippen LogP contribution in [0.15, 0.2) is 60.7 Å². The minimum absolute atomic E-state index is 0.637. The highest BCUT2D eigenvalue weighted by molar-refractivity contribution is 5.57. The van der Waals surface area contributed by atoms with Gasteiger partial charge in [0.1, 0.15) is 5.82 Å². The average Bonchev–Trinajstić information content (AvgIpc) is 3.06. The molecule has 140 valence electrons. The summed E-state index contributed by atoms with van der Waals surface area (Å²) < 4.78 is 2.10. The third-order valence-electron chi connectivity index (χ3n) is 5.25. The van der Waals surface area contributed by atoms with Gasteiger partial charge in [-0.15, -0.1) is 0 Å². The Morgan fingerprint density at radius 1 is 0.815 bits per heavy atom. The second-order valence-corrected chi connectivity index (χ2v) is 6.98. The van der Waals surface area contributed by atoms with Gasteiger partial charge in [0.05, 0.1) is 11.4 Å². The molecule has 0 atom stereocenters. The van der Waals surface area contributed by atoms with Crippen LogP contribution in [0.25, 0.3) is 5.69 Å². The molecular formula is C22H27N5. The van der Waals surface area contributed by atoms with E-state index >= 15 is 0 Å². The molecule has 0 saturated carbocycles. The molecule has 5 heteroatoms. The van der Waals surface area contributed by atoms with Gasteiger partial charge < -0.3 is 15.5 Å². The number of rotatable bonds is 5. The van der Waals surface area contributed by atoms with Crippen molar-refractivity contribution in [3.05, 3.63) is 71.9 Å². The van der Waals surface area contributed by atoms with E-state index in [2.05, 4.69) is 76.0 Å². The molecule has 5 nitrogen and oxygen atoms in total. The van der Waals surface area contributed by atoms with E-state index in [1.807, 2.05) is 6.07 Å². The van der Waals surface area contributed by atoms with E-state index in [0.717, 1.165) is 44.0 Å². The molecule has 0 aliphatic carbocycles. The maximum absolute atomic E-state index is 5.91. The van der Waals surface area contributed by atoms with Crippen molar-refractivity contribution in [1.29, 1.82) is 0 Å². The summed E-state index contributed by atoms with van der Waals surface area (Å²) in [7, 11) is 0. The van der Waals surface area contributed by atoms with Crippen molar-refractivity contribution in [1.82, 2.24) is 9.78 Å². The zero-order valence-electron chi connectivity index (χ0n) is 15.9. The van der Waals surface area contributed by atoms with Gasteiger partial charge in [0.15, 0.2) is 0 Å². The molecule has 1 fully saturated rings. The Kier molecular flexibility index (Phi) is 5.12. The summed E-state index contributed by atoms with van der Waals surface area (Å²) in [6.07, 6.45) is 0.854. The van der Waals surface area contributed by atoms with Crippen LogP contribution in [0.3, 0.4) is 0 Å². The van der Waals surface area contributed by atoms with Crippen LogP contribution in [0, 0.1) is 6.92 Å². The maximum Gasteiger partial charge on any atom is 0.136 e. The summed E-state index contributed by atoms with van der Waals surface area (Å²) in [6, 6.07) is 21.0. The first-order valence-corrected chi connectivity index (χ1v) is 9.67. The van der Waals surface area contributed by atoms with Crippen LogP contribution in [0.5, 0.6) is 0 Å². The Morgan fingerprint density at radius 2 is 1.37 bits per heavy atom. The Labute approximate surface area is 161 Å². The third kappa shape index (κ3) is 3.55. The van der Waals surface area contributed by atoms with Gasteiger partial charge >= 0.3 is 0 Å². The van der Waals surface area contributed by atoms with Gasteiger partial charge in [-0.2, -0.15) is 5.10 Å². The number of anilines is 2. The van der Waals surface area contributed by atoms with Gasteiger partial charge in [0.2, 0.25) is 0 Å². The topological polar surface area (TPSA) is 50.3 Å². The number of nitrogens with zero attached hydrogens (tertiary/aromatic N) is 4. The normalized spacial score (nSPS) is 14.6. The van der Waals surface area contributed by atoms with E-state index in [1.54, 1.807) is 0 Å². The fourth-order valence-electron chi connectivity index (χ4n) is 3.87. The molecule has 0 bridgehead atoms. The molecule has 0 spiro atoms. The van der Waals surface area contributed by atoms with Crippen LogP contribution in [0.4, 0.5) is 11.5 Å². The van der Waals surface area contributed by atoms with Gasteiger partial charge in [-0.25, -0.2) is 4.68 Å². The van der Waals surface area contributed by atoms with Crippen molar-refractivity contribution < 1.29 is 0 Å². The number of benzene rings is 2. The largest absolute Gasteiger partial charge is 0.368 e. The molecule has 0 amide bonds. The highest BCUT2D eigenvalue weighted by Gasteiger charge is 2.25. The van der Waals surface area contributed by atoms with Crippen molar-refractivity contribution in [2.75, 3.05) is 42.5 Å². The van der Waals surface area contributed by atoms with Crippen LogP contribution >= 0.6 is 0 Å². The predicted octanol–water partition coefficient (Wildman–Crippen LogP) is 3.01. The van der Waals surface area contributed by atoms with Crippen LogP contribution < -0.4 is 15.5 Å². The first-order chi connectivity index (χ1) is 13.3. The van der Waals surface area contributed by atoms with E-state index < -0.39 is 0 Å². The molecule has 1 aliphatic rings. The minimum atomic E-state index is 0.637. The molecule has 3 aromatic rings. The highest BCUT2D eigenvalue weighted by Crippen LogP contribution is 2.29. The number of aryl methyl sites for hydroxylation is 1. The van der Waals surface area contributed by atoms with Gasteiger partial charge in [0.25, 0.3) is 0 Å². The lowest BCUT2D eigenvalue weighted by molar-refractivity contribution is 0.635. The second-order valence-electron chi connectivity index (χ2n) is 6.98. The first kappa shape index (κ1) is 17.6. The summed E-state index contributed by atoms with van der Waals surface area (Å²) in [5.41, 5.74) is 10.7. The zero-order chi connectivity index (χ0) is 18.6. The Morgan fingerprint density at radius 3 is 1.96 bits per heavy atom. The molecule has 0 unspecified atom stereocenters. The molecule has 2 aromatic carbocycles. The molecule has 27 heavy (non-hydrogen) atoms. The Hall–Kier alpha value is -2.79. The number of para-hydroxylation sites is 2. The molecule has 2 N–H and O–H groups in total. The molecule has 1 saturated heterocycles. The first-order valence-electron chi connectivity index (χ1n) is 9.67. The summed E-state index contributed by atoms with van der Waals surface area (Å²) in [5.74, 6) is 1.21. The SMILES string of the molecule is Cc1nn(-c2ccccc2)c(N2CCN(c3ccccc3)CC2)c1CCN. The van der Waals surface area contributed by atoms with Crippen molar-refractivity contribution in [2.24, 2.45) is 5.73 Å². The van der Waals surface area contributed by atoms with Crippen molar-refractivity contribution in [2.45, 2.75) is 13.3 Å². The fraction of sp³-hybridized carbons (Fsp3) is 0.318. The standard InChI is InChI=1S/C22H27N5/c1-18-21(12-13-23)22(27(24-18)20-10-6-3-7-11-20)26-16-14-25(15-17-26)19-8-4-2-5-9-19/h2-11H,12-17,23H2,1H3. The van der Waals surface area contributed by atoms with E-state index in [1.165, 1.54) is 17.1 Å². The molecule has 1 aromatic heterocycles. The van der Waals surface area contributed by atoms with Gasteiger partial charge in [-0.05, 0) is 44.2 Å². The van der Waals surface area contributed by atoms with E-state index in [0.29, 0.717) is 6.54 Å².